The monoisotopic (exact) mass is 319 g/mol. The summed E-state index contributed by atoms with van der Waals surface area (Å²) in [5, 5.41) is 10.2. The van der Waals surface area contributed by atoms with Crippen LogP contribution in [0.15, 0.2) is 0 Å². The molecule has 0 saturated heterocycles. The van der Waals surface area contributed by atoms with Gasteiger partial charge in [-0.3, -0.25) is 0 Å². The van der Waals surface area contributed by atoms with Crippen molar-refractivity contribution in [1.82, 2.24) is 0 Å². The van der Waals surface area contributed by atoms with Gasteiger partial charge in [0.25, 0.3) is 0 Å². The van der Waals surface area contributed by atoms with Crippen molar-refractivity contribution in [3.8, 4) is 0 Å². The first kappa shape index (κ1) is 21.4. The van der Waals surface area contributed by atoms with Crippen LogP contribution in [0, 0.1) is 0 Å². The molecule has 0 bridgehead atoms. The van der Waals surface area contributed by atoms with E-state index in [0.717, 1.165) is 12.8 Å². The van der Waals surface area contributed by atoms with E-state index in [9.17, 15) is 9.90 Å². The Bertz CT molecular complexity index is 184. The van der Waals surface area contributed by atoms with Crippen molar-refractivity contribution in [3.05, 3.63) is 0 Å². The summed E-state index contributed by atoms with van der Waals surface area (Å²) >= 11 is 0. The van der Waals surface area contributed by atoms with Crippen LogP contribution < -0.4 is 5.11 Å². The van der Waals surface area contributed by atoms with Gasteiger partial charge >= 0.3 is 19.5 Å². The molecule has 0 aliphatic carbocycles. The number of hydrogen-bond acceptors (Lipinski definition) is 2. The Labute approximate surface area is 132 Å². The van der Waals surface area contributed by atoms with Gasteiger partial charge in [0.05, 0.1) is 0 Å². The summed E-state index contributed by atoms with van der Waals surface area (Å²) in [6.07, 6.45) is 16.9. The Kier molecular flexibility index (Phi) is 20.4. The van der Waals surface area contributed by atoms with E-state index in [0.29, 0.717) is 0 Å². The third kappa shape index (κ3) is 20.6. The molecule has 0 heterocycles. The molecule has 0 aliphatic rings. The van der Waals surface area contributed by atoms with Gasteiger partial charge < -0.3 is 9.90 Å². The minimum atomic E-state index is -0.905. The van der Waals surface area contributed by atoms with E-state index >= 15 is 0 Å². The van der Waals surface area contributed by atoms with Gasteiger partial charge in [-0.15, -0.1) is 0 Å². The van der Waals surface area contributed by atoms with Crippen LogP contribution in [-0.4, -0.2) is 5.97 Å². The van der Waals surface area contributed by atoms with Crippen molar-refractivity contribution in [3.63, 3.8) is 0 Å². The number of carbonyl (C=O) groups is 1. The molecular formula is C16H31O2Zn. The second-order valence-electron chi connectivity index (χ2n) is 5.36. The molecule has 0 fully saturated rings. The average molecular weight is 321 g/mol. The molecule has 2 nitrogen and oxygen atoms in total. The molecule has 3 heteroatoms. The first-order valence-electron chi connectivity index (χ1n) is 7.97. The first-order chi connectivity index (χ1) is 8.77. The number of carboxylic acid groups (broad SMARTS) is 1. The van der Waals surface area contributed by atoms with Crippen LogP contribution in [0.4, 0.5) is 0 Å². The molecule has 0 aliphatic heterocycles. The Morgan fingerprint density at radius 3 is 1.32 bits per heavy atom. The van der Waals surface area contributed by atoms with Gasteiger partial charge in [0, 0.05) is 5.97 Å². The van der Waals surface area contributed by atoms with Crippen LogP contribution in [-0.2, 0) is 24.3 Å². The number of aliphatic carboxylic acids is 1. The molecule has 0 amide bonds. The van der Waals surface area contributed by atoms with Crippen molar-refractivity contribution in [2.75, 3.05) is 0 Å². The molecule has 0 atom stereocenters. The van der Waals surface area contributed by atoms with E-state index in [-0.39, 0.29) is 25.9 Å². The zero-order valence-corrected chi connectivity index (χ0v) is 15.9. The first-order valence-corrected chi connectivity index (χ1v) is 7.97. The second kappa shape index (κ2) is 18.1. The molecule has 0 aromatic rings. The van der Waals surface area contributed by atoms with Crippen molar-refractivity contribution in [2.24, 2.45) is 0 Å². The second-order valence-corrected chi connectivity index (χ2v) is 5.36. The van der Waals surface area contributed by atoms with Crippen LogP contribution in [0.1, 0.15) is 96.8 Å². The summed E-state index contributed by atoms with van der Waals surface area (Å²) < 4.78 is 0. The van der Waals surface area contributed by atoms with Gasteiger partial charge in [-0.05, 0) is 12.8 Å². The fourth-order valence-corrected chi connectivity index (χ4v) is 2.29. The SMILES string of the molecule is CCCCCCCCCCCCCCCC(=O)[O-].[Zn+]. The fourth-order valence-electron chi connectivity index (χ4n) is 2.29. The number of rotatable bonds is 14. The van der Waals surface area contributed by atoms with Crippen LogP contribution >= 0.6 is 0 Å². The normalized spacial score (nSPS) is 10.2. The number of unbranched alkanes of at least 4 members (excludes halogenated alkanes) is 12. The quantitative estimate of drug-likeness (QED) is 0.355. The van der Waals surface area contributed by atoms with Gasteiger partial charge in [0.1, 0.15) is 0 Å². The Morgan fingerprint density at radius 2 is 1.00 bits per heavy atom. The van der Waals surface area contributed by atoms with Gasteiger partial charge in [-0.1, -0.05) is 84.0 Å². The maximum absolute atomic E-state index is 10.2. The fraction of sp³-hybridized carbons (Fsp3) is 0.938. The molecular weight excluding hydrogens is 290 g/mol. The van der Waals surface area contributed by atoms with Gasteiger partial charge in [0.15, 0.2) is 0 Å². The Hall–Kier alpha value is 0.0934. The maximum Gasteiger partial charge on any atom is 1.00 e. The van der Waals surface area contributed by atoms with E-state index in [2.05, 4.69) is 6.92 Å². The molecule has 0 saturated carbocycles. The zero-order valence-electron chi connectivity index (χ0n) is 12.9. The van der Waals surface area contributed by atoms with E-state index in [1.54, 1.807) is 0 Å². The van der Waals surface area contributed by atoms with Crippen LogP contribution in [0.3, 0.4) is 0 Å². The van der Waals surface area contributed by atoms with E-state index in [1.165, 1.54) is 70.6 Å². The number of carbonyl (C=O) groups excluding carboxylic acids is 1. The molecule has 0 spiro atoms. The molecule has 0 N–H and O–H groups in total. The van der Waals surface area contributed by atoms with Crippen molar-refractivity contribution >= 4 is 5.97 Å². The molecule has 0 unspecified atom stereocenters. The Balaban J connectivity index is 0. The minimum absolute atomic E-state index is 0. The topological polar surface area (TPSA) is 40.1 Å². The summed E-state index contributed by atoms with van der Waals surface area (Å²) in [5.74, 6) is -0.905. The smallest absolute Gasteiger partial charge is 0.550 e. The summed E-state index contributed by atoms with van der Waals surface area (Å²) in [7, 11) is 0. The van der Waals surface area contributed by atoms with Gasteiger partial charge in [0.2, 0.25) is 0 Å². The van der Waals surface area contributed by atoms with E-state index in [4.69, 9.17) is 0 Å². The van der Waals surface area contributed by atoms with E-state index in [1.807, 2.05) is 0 Å². The minimum Gasteiger partial charge on any atom is -0.550 e. The van der Waals surface area contributed by atoms with Gasteiger partial charge in [-0.2, -0.15) is 0 Å². The standard InChI is InChI=1S/C16H32O2.Zn/c1-2-3-4-5-6-7-8-9-10-11-12-13-14-15-16(17)18;/h2-15H2,1H3,(H,17,18);/q;+1/p-1. The predicted octanol–water partition coefficient (Wildman–Crippen LogP) is 4.22. The van der Waals surface area contributed by atoms with Crippen molar-refractivity contribution < 1.29 is 29.4 Å². The molecule has 109 valence electrons. The van der Waals surface area contributed by atoms with Crippen LogP contribution in [0.2, 0.25) is 0 Å². The number of hydrogen-bond donors (Lipinski definition) is 0. The summed E-state index contributed by atoms with van der Waals surface area (Å²) in [6, 6.07) is 0. The largest absolute Gasteiger partial charge is 1.00 e. The Morgan fingerprint density at radius 1 is 0.684 bits per heavy atom. The van der Waals surface area contributed by atoms with Crippen molar-refractivity contribution in [2.45, 2.75) is 96.8 Å². The molecule has 19 heavy (non-hydrogen) atoms. The van der Waals surface area contributed by atoms with Gasteiger partial charge in [-0.25, -0.2) is 0 Å². The van der Waals surface area contributed by atoms with E-state index < -0.39 is 5.97 Å². The summed E-state index contributed by atoms with van der Waals surface area (Å²) in [4.78, 5) is 10.2. The van der Waals surface area contributed by atoms with Crippen LogP contribution in [0.25, 0.3) is 0 Å². The zero-order chi connectivity index (χ0) is 13.5. The third-order valence-corrected chi connectivity index (χ3v) is 3.48. The summed E-state index contributed by atoms with van der Waals surface area (Å²) in [5.41, 5.74) is 0. The van der Waals surface area contributed by atoms with Crippen molar-refractivity contribution in [1.29, 1.82) is 0 Å². The molecule has 0 aromatic heterocycles. The number of carboxylic acids is 1. The molecule has 0 aromatic carbocycles. The van der Waals surface area contributed by atoms with Crippen LogP contribution in [0.5, 0.6) is 0 Å². The third-order valence-electron chi connectivity index (χ3n) is 3.48. The predicted molar refractivity (Wildman–Crippen MR) is 75.3 cm³/mol. The average Bonchev–Trinajstić information content (AvgIpc) is 2.34. The maximum atomic E-state index is 10.2. The molecule has 1 radical (unpaired) electrons. The molecule has 0 rings (SSSR count). The summed E-state index contributed by atoms with van der Waals surface area (Å²) in [6.45, 7) is 2.26.